The second-order valence-electron chi connectivity index (χ2n) is 2.80. The standard InChI is InChI=1S/C10H12BrFO2/c1-13-10(7-11,14-2)8-3-5-9(12)6-4-8/h3-6H,7H2,1-2H3. The highest BCUT2D eigenvalue weighted by Crippen LogP contribution is 2.28. The summed E-state index contributed by atoms with van der Waals surface area (Å²) in [6.45, 7) is 0. The SMILES string of the molecule is COC(CBr)(OC)c1ccc(F)cc1. The Morgan fingerprint density at radius 2 is 1.71 bits per heavy atom. The fraction of sp³-hybridized carbons (Fsp3) is 0.400. The number of ether oxygens (including phenoxy) is 2. The summed E-state index contributed by atoms with van der Waals surface area (Å²) in [4.78, 5) is 0. The van der Waals surface area contributed by atoms with Crippen molar-refractivity contribution in [1.29, 1.82) is 0 Å². The first kappa shape index (κ1) is 11.6. The van der Waals surface area contributed by atoms with Crippen molar-refractivity contribution in [2.75, 3.05) is 19.5 Å². The van der Waals surface area contributed by atoms with E-state index in [1.54, 1.807) is 26.4 Å². The molecular weight excluding hydrogens is 251 g/mol. The first-order valence-electron chi connectivity index (χ1n) is 4.11. The Bertz CT molecular complexity index is 274. The van der Waals surface area contributed by atoms with Crippen LogP contribution in [0.3, 0.4) is 0 Å². The van der Waals surface area contributed by atoms with Gasteiger partial charge in [-0.2, -0.15) is 0 Å². The molecule has 4 heteroatoms. The smallest absolute Gasteiger partial charge is 0.204 e. The van der Waals surface area contributed by atoms with E-state index in [1.165, 1.54) is 12.1 Å². The molecule has 0 radical (unpaired) electrons. The molecule has 0 heterocycles. The second kappa shape index (κ2) is 4.87. The minimum atomic E-state index is -0.840. The monoisotopic (exact) mass is 262 g/mol. The van der Waals surface area contributed by atoms with Gasteiger partial charge in [0, 0.05) is 19.8 Å². The normalized spacial score (nSPS) is 11.7. The van der Waals surface area contributed by atoms with Crippen molar-refractivity contribution in [1.82, 2.24) is 0 Å². The van der Waals surface area contributed by atoms with Crippen LogP contribution >= 0.6 is 15.9 Å². The summed E-state index contributed by atoms with van der Waals surface area (Å²) in [5, 5.41) is 0.485. The molecule has 0 aliphatic rings. The molecule has 14 heavy (non-hydrogen) atoms. The Balaban J connectivity index is 3.05. The van der Waals surface area contributed by atoms with Crippen molar-refractivity contribution in [3.8, 4) is 0 Å². The van der Waals surface area contributed by atoms with Crippen LogP contribution in [0.5, 0.6) is 0 Å². The van der Waals surface area contributed by atoms with Gasteiger partial charge in [-0.25, -0.2) is 4.39 Å². The van der Waals surface area contributed by atoms with Crippen molar-refractivity contribution in [2.45, 2.75) is 5.79 Å². The van der Waals surface area contributed by atoms with Crippen molar-refractivity contribution in [3.63, 3.8) is 0 Å². The third-order valence-corrected chi connectivity index (χ3v) is 2.86. The molecular formula is C10H12BrFO2. The molecule has 1 aromatic carbocycles. The van der Waals surface area contributed by atoms with Crippen LogP contribution in [0.25, 0.3) is 0 Å². The topological polar surface area (TPSA) is 18.5 Å². The summed E-state index contributed by atoms with van der Waals surface area (Å²) in [5.41, 5.74) is 0.778. The Morgan fingerprint density at radius 1 is 1.21 bits per heavy atom. The van der Waals surface area contributed by atoms with Crippen molar-refractivity contribution in [3.05, 3.63) is 35.6 Å². The molecule has 0 saturated carbocycles. The summed E-state index contributed by atoms with van der Waals surface area (Å²) in [5.74, 6) is -1.11. The number of hydrogen-bond acceptors (Lipinski definition) is 2. The first-order valence-corrected chi connectivity index (χ1v) is 5.23. The summed E-state index contributed by atoms with van der Waals surface area (Å²) in [6.07, 6.45) is 0. The van der Waals surface area contributed by atoms with Crippen LogP contribution in [0.15, 0.2) is 24.3 Å². The van der Waals surface area contributed by atoms with Gasteiger partial charge in [0.25, 0.3) is 0 Å². The lowest BCUT2D eigenvalue weighted by molar-refractivity contribution is -0.197. The minimum Gasteiger partial charge on any atom is -0.349 e. The van der Waals surface area contributed by atoms with Crippen LogP contribution in [-0.4, -0.2) is 19.5 Å². The van der Waals surface area contributed by atoms with Gasteiger partial charge < -0.3 is 9.47 Å². The van der Waals surface area contributed by atoms with E-state index in [2.05, 4.69) is 15.9 Å². The zero-order chi connectivity index (χ0) is 10.6. The van der Waals surface area contributed by atoms with Crippen molar-refractivity contribution < 1.29 is 13.9 Å². The highest BCUT2D eigenvalue weighted by molar-refractivity contribution is 9.09. The molecule has 0 N–H and O–H groups in total. The average molecular weight is 263 g/mol. The molecule has 0 unspecified atom stereocenters. The minimum absolute atomic E-state index is 0.274. The summed E-state index contributed by atoms with van der Waals surface area (Å²) in [6, 6.07) is 6.04. The quantitative estimate of drug-likeness (QED) is 0.614. The zero-order valence-corrected chi connectivity index (χ0v) is 9.67. The van der Waals surface area contributed by atoms with Crippen LogP contribution in [0.2, 0.25) is 0 Å². The van der Waals surface area contributed by atoms with Gasteiger partial charge in [-0.3, -0.25) is 0 Å². The molecule has 0 aromatic heterocycles. The zero-order valence-electron chi connectivity index (χ0n) is 8.09. The Hall–Kier alpha value is -0.450. The van der Waals surface area contributed by atoms with E-state index in [0.29, 0.717) is 5.33 Å². The molecule has 0 spiro atoms. The van der Waals surface area contributed by atoms with Gasteiger partial charge in [0.15, 0.2) is 0 Å². The maximum atomic E-state index is 12.7. The predicted octanol–water partition coefficient (Wildman–Crippen LogP) is 2.67. The molecule has 1 aromatic rings. The third-order valence-electron chi connectivity index (χ3n) is 2.12. The van der Waals surface area contributed by atoms with E-state index < -0.39 is 5.79 Å². The van der Waals surface area contributed by atoms with Crippen LogP contribution in [0, 0.1) is 5.82 Å². The van der Waals surface area contributed by atoms with Gasteiger partial charge in [0.2, 0.25) is 5.79 Å². The van der Waals surface area contributed by atoms with Crippen LogP contribution in [0.1, 0.15) is 5.56 Å². The summed E-state index contributed by atoms with van der Waals surface area (Å²) in [7, 11) is 3.10. The van der Waals surface area contributed by atoms with E-state index in [1.807, 2.05) is 0 Å². The maximum absolute atomic E-state index is 12.7. The van der Waals surface area contributed by atoms with E-state index in [-0.39, 0.29) is 5.82 Å². The number of halogens is 2. The molecule has 0 atom stereocenters. The highest BCUT2D eigenvalue weighted by Gasteiger charge is 2.30. The Kier molecular flexibility index (Phi) is 4.04. The van der Waals surface area contributed by atoms with Gasteiger partial charge in [-0.1, -0.05) is 28.1 Å². The Labute approximate surface area is 91.2 Å². The molecule has 0 aliphatic carbocycles. The molecule has 0 bridgehead atoms. The largest absolute Gasteiger partial charge is 0.349 e. The lowest BCUT2D eigenvalue weighted by atomic mass is 10.1. The summed E-state index contributed by atoms with van der Waals surface area (Å²) < 4.78 is 23.2. The molecule has 0 aliphatic heterocycles. The Morgan fingerprint density at radius 3 is 2.07 bits per heavy atom. The molecule has 78 valence electrons. The lowest BCUT2D eigenvalue weighted by Gasteiger charge is -2.29. The van der Waals surface area contributed by atoms with Crippen molar-refractivity contribution in [2.24, 2.45) is 0 Å². The van der Waals surface area contributed by atoms with Gasteiger partial charge in [-0.05, 0) is 12.1 Å². The van der Waals surface area contributed by atoms with E-state index in [0.717, 1.165) is 5.56 Å². The first-order chi connectivity index (χ1) is 6.68. The molecule has 1 rings (SSSR count). The number of alkyl halides is 1. The number of benzene rings is 1. The fourth-order valence-corrected chi connectivity index (χ4v) is 1.99. The maximum Gasteiger partial charge on any atom is 0.204 e. The molecule has 2 nitrogen and oxygen atoms in total. The van der Waals surface area contributed by atoms with Gasteiger partial charge >= 0.3 is 0 Å². The number of hydrogen-bond donors (Lipinski definition) is 0. The third kappa shape index (κ3) is 2.13. The fourth-order valence-electron chi connectivity index (χ4n) is 1.21. The van der Waals surface area contributed by atoms with E-state index in [9.17, 15) is 4.39 Å². The second-order valence-corrected chi connectivity index (χ2v) is 3.36. The molecule has 0 saturated heterocycles. The number of rotatable bonds is 4. The molecule has 0 fully saturated rings. The van der Waals surface area contributed by atoms with Crippen LogP contribution in [-0.2, 0) is 15.3 Å². The summed E-state index contributed by atoms with van der Waals surface area (Å²) >= 11 is 3.30. The van der Waals surface area contributed by atoms with Crippen LogP contribution in [0.4, 0.5) is 4.39 Å². The van der Waals surface area contributed by atoms with Gasteiger partial charge in [0.1, 0.15) is 5.82 Å². The van der Waals surface area contributed by atoms with E-state index >= 15 is 0 Å². The van der Waals surface area contributed by atoms with Gasteiger partial charge in [0.05, 0.1) is 5.33 Å². The van der Waals surface area contributed by atoms with Gasteiger partial charge in [-0.15, -0.1) is 0 Å². The van der Waals surface area contributed by atoms with Crippen molar-refractivity contribution >= 4 is 15.9 Å². The van der Waals surface area contributed by atoms with E-state index in [4.69, 9.17) is 9.47 Å². The number of methoxy groups -OCH3 is 2. The highest BCUT2D eigenvalue weighted by atomic mass is 79.9. The average Bonchev–Trinajstić information content (AvgIpc) is 2.24. The molecule has 0 amide bonds. The lowest BCUT2D eigenvalue weighted by Crippen LogP contribution is -2.32. The van der Waals surface area contributed by atoms with Crippen LogP contribution < -0.4 is 0 Å². The predicted molar refractivity (Wildman–Crippen MR) is 55.9 cm³/mol.